The van der Waals surface area contributed by atoms with Crippen molar-refractivity contribution < 1.29 is 4.74 Å². The summed E-state index contributed by atoms with van der Waals surface area (Å²) in [6.45, 7) is 4.39. The van der Waals surface area contributed by atoms with Gasteiger partial charge in [0.2, 0.25) is 0 Å². The van der Waals surface area contributed by atoms with Crippen molar-refractivity contribution in [1.29, 1.82) is 0 Å². The van der Waals surface area contributed by atoms with Crippen molar-refractivity contribution >= 4 is 11.5 Å². The number of nitrogens with zero attached hydrogens (tertiary/aromatic N) is 3. The van der Waals surface area contributed by atoms with E-state index >= 15 is 0 Å². The zero-order valence-electron chi connectivity index (χ0n) is 8.18. The second kappa shape index (κ2) is 3.79. The van der Waals surface area contributed by atoms with Crippen molar-refractivity contribution in [3.63, 3.8) is 0 Å². The maximum absolute atomic E-state index is 5.81. The molecule has 1 saturated heterocycles. The number of rotatable bonds is 1. The first kappa shape index (κ1) is 9.21. The van der Waals surface area contributed by atoms with Gasteiger partial charge in [0.15, 0.2) is 5.82 Å². The van der Waals surface area contributed by atoms with E-state index in [-0.39, 0.29) is 0 Å². The Balaban J connectivity index is 2.25. The number of nitrogens with two attached hydrogens (primary N) is 1. The minimum atomic E-state index is 0.320. The van der Waals surface area contributed by atoms with E-state index < -0.39 is 0 Å². The fourth-order valence-electron chi connectivity index (χ4n) is 1.62. The fourth-order valence-corrected chi connectivity index (χ4v) is 1.62. The molecule has 0 aromatic carbocycles. The molecule has 5 nitrogen and oxygen atoms in total. The SMILES string of the molecule is CC1COCCN1c1ncncc1N. The average molecular weight is 194 g/mol. The summed E-state index contributed by atoms with van der Waals surface area (Å²) in [5.41, 5.74) is 6.43. The molecule has 14 heavy (non-hydrogen) atoms. The van der Waals surface area contributed by atoms with Gasteiger partial charge in [-0.2, -0.15) is 0 Å². The van der Waals surface area contributed by atoms with Crippen LogP contribution in [-0.4, -0.2) is 35.8 Å². The van der Waals surface area contributed by atoms with Crippen molar-refractivity contribution in [2.45, 2.75) is 13.0 Å². The van der Waals surface area contributed by atoms with Crippen LogP contribution in [0.4, 0.5) is 11.5 Å². The van der Waals surface area contributed by atoms with Gasteiger partial charge >= 0.3 is 0 Å². The van der Waals surface area contributed by atoms with Gasteiger partial charge in [-0.05, 0) is 6.92 Å². The Morgan fingerprint density at radius 3 is 3.21 bits per heavy atom. The lowest BCUT2D eigenvalue weighted by Gasteiger charge is -2.34. The fraction of sp³-hybridized carbons (Fsp3) is 0.556. The van der Waals surface area contributed by atoms with Crippen LogP contribution >= 0.6 is 0 Å². The maximum Gasteiger partial charge on any atom is 0.155 e. The molecule has 0 bridgehead atoms. The van der Waals surface area contributed by atoms with Crippen LogP contribution in [0, 0.1) is 0 Å². The Hall–Kier alpha value is -1.36. The second-order valence-corrected chi connectivity index (χ2v) is 3.42. The van der Waals surface area contributed by atoms with E-state index in [2.05, 4.69) is 21.8 Å². The van der Waals surface area contributed by atoms with Crippen LogP contribution < -0.4 is 10.6 Å². The van der Waals surface area contributed by atoms with E-state index in [1.165, 1.54) is 6.33 Å². The molecule has 1 aliphatic heterocycles. The molecule has 1 unspecified atom stereocenters. The molecule has 0 aliphatic carbocycles. The molecule has 2 heterocycles. The highest BCUT2D eigenvalue weighted by Gasteiger charge is 2.21. The molecular formula is C9H14N4O. The number of anilines is 2. The van der Waals surface area contributed by atoms with Crippen LogP contribution in [0.3, 0.4) is 0 Å². The van der Waals surface area contributed by atoms with Gasteiger partial charge in [0.05, 0.1) is 31.1 Å². The molecular weight excluding hydrogens is 180 g/mol. The third kappa shape index (κ3) is 1.63. The highest BCUT2D eigenvalue weighted by Crippen LogP contribution is 2.21. The van der Waals surface area contributed by atoms with E-state index in [1.54, 1.807) is 6.20 Å². The molecule has 76 valence electrons. The van der Waals surface area contributed by atoms with E-state index in [9.17, 15) is 0 Å². The lowest BCUT2D eigenvalue weighted by molar-refractivity contribution is 0.0986. The normalized spacial score (nSPS) is 22.4. The van der Waals surface area contributed by atoms with Gasteiger partial charge < -0.3 is 15.4 Å². The molecule has 0 amide bonds. The summed E-state index contributed by atoms with van der Waals surface area (Å²) >= 11 is 0. The summed E-state index contributed by atoms with van der Waals surface area (Å²) in [7, 11) is 0. The summed E-state index contributed by atoms with van der Waals surface area (Å²) in [6, 6.07) is 0.320. The first-order valence-electron chi connectivity index (χ1n) is 4.69. The Bertz CT molecular complexity index is 317. The third-order valence-electron chi connectivity index (χ3n) is 2.36. The van der Waals surface area contributed by atoms with Crippen molar-refractivity contribution in [1.82, 2.24) is 9.97 Å². The summed E-state index contributed by atoms with van der Waals surface area (Å²) in [5.74, 6) is 0.816. The number of hydrogen-bond acceptors (Lipinski definition) is 5. The van der Waals surface area contributed by atoms with Crippen molar-refractivity contribution in [2.24, 2.45) is 0 Å². The van der Waals surface area contributed by atoms with Gasteiger partial charge in [-0.1, -0.05) is 0 Å². The second-order valence-electron chi connectivity index (χ2n) is 3.42. The summed E-state index contributed by atoms with van der Waals surface area (Å²) in [4.78, 5) is 10.2. The standard InChI is InChI=1S/C9H14N4O/c1-7-5-14-3-2-13(7)9-8(10)4-11-6-12-9/h4,6-7H,2-3,5,10H2,1H3. The molecule has 2 rings (SSSR count). The number of hydrogen-bond donors (Lipinski definition) is 1. The third-order valence-corrected chi connectivity index (χ3v) is 2.36. The van der Waals surface area contributed by atoms with Gasteiger partial charge in [-0.15, -0.1) is 0 Å². The smallest absolute Gasteiger partial charge is 0.155 e. The van der Waals surface area contributed by atoms with Gasteiger partial charge in [-0.3, -0.25) is 0 Å². The van der Waals surface area contributed by atoms with Crippen LogP contribution in [0.1, 0.15) is 6.92 Å². The minimum Gasteiger partial charge on any atom is -0.394 e. The molecule has 0 saturated carbocycles. The predicted molar refractivity (Wildman–Crippen MR) is 54.1 cm³/mol. The lowest BCUT2D eigenvalue weighted by Crippen LogP contribution is -2.44. The summed E-state index contributed by atoms with van der Waals surface area (Å²) in [5, 5.41) is 0. The Labute approximate surface area is 82.9 Å². The molecule has 5 heteroatoms. The van der Waals surface area contributed by atoms with E-state index in [0.717, 1.165) is 25.6 Å². The monoisotopic (exact) mass is 194 g/mol. The highest BCUT2D eigenvalue weighted by molar-refractivity contribution is 5.61. The summed E-state index contributed by atoms with van der Waals surface area (Å²) < 4.78 is 5.35. The number of ether oxygens (including phenoxy) is 1. The molecule has 1 fully saturated rings. The number of nitrogen functional groups attached to an aromatic ring is 1. The minimum absolute atomic E-state index is 0.320. The van der Waals surface area contributed by atoms with Gasteiger partial charge in [0.1, 0.15) is 6.33 Å². The number of aromatic nitrogens is 2. The molecule has 0 radical (unpaired) electrons. The summed E-state index contributed by atoms with van der Waals surface area (Å²) in [6.07, 6.45) is 3.15. The van der Waals surface area contributed by atoms with Crippen LogP contribution in [0.15, 0.2) is 12.5 Å². The van der Waals surface area contributed by atoms with Gasteiger partial charge in [0, 0.05) is 6.54 Å². The van der Waals surface area contributed by atoms with Crippen LogP contribution in [0.5, 0.6) is 0 Å². The Kier molecular flexibility index (Phi) is 2.49. The molecule has 1 aromatic heterocycles. The molecule has 1 aliphatic rings. The highest BCUT2D eigenvalue weighted by atomic mass is 16.5. The topological polar surface area (TPSA) is 64.3 Å². The molecule has 1 aromatic rings. The van der Waals surface area contributed by atoms with E-state index in [4.69, 9.17) is 10.5 Å². The van der Waals surface area contributed by atoms with Gasteiger partial charge in [0.25, 0.3) is 0 Å². The predicted octanol–water partition coefficient (Wildman–Crippen LogP) is 0.284. The maximum atomic E-state index is 5.81. The lowest BCUT2D eigenvalue weighted by atomic mass is 10.2. The zero-order valence-corrected chi connectivity index (χ0v) is 8.18. The number of morpholine rings is 1. The average Bonchev–Trinajstić information content (AvgIpc) is 2.20. The van der Waals surface area contributed by atoms with Crippen LogP contribution in [0.2, 0.25) is 0 Å². The molecule has 1 atom stereocenters. The van der Waals surface area contributed by atoms with Crippen LogP contribution in [0.25, 0.3) is 0 Å². The Morgan fingerprint density at radius 2 is 2.50 bits per heavy atom. The van der Waals surface area contributed by atoms with Crippen molar-refractivity contribution in [2.75, 3.05) is 30.4 Å². The molecule has 2 N–H and O–H groups in total. The quantitative estimate of drug-likeness (QED) is 0.695. The van der Waals surface area contributed by atoms with E-state index in [1.807, 2.05) is 0 Å². The Morgan fingerprint density at radius 1 is 1.64 bits per heavy atom. The molecule has 0 spiro atoms. The largest absolute Gasteiger partial charge is 0.394 e. The van der Waals surface area contributed by atoms with Crippen molar-refractivity contribution in [3.05, 3.63) is 12.5 Å². The first-order chi connectivity index (χ1) is 6.79. The van der Waals surface area contributed by atoms with Gasteiger partial charge in [-0.25, -0.2) is 9.97 Å². The first-order valence-corrected chi connectivity index (χ1v) is 4.69. The zero-order chi connectivity index (χ0) is 9.97. The van der Waals surface area contributed by atoms with E-state index in [0.29, 0.717) is 11.7 Å². The van der Waals surface area contributed by atoms with Crippen LogP contribution in [-0.2, 0) is 4.74 Å². The van der Waals surface area contributed by atoms with Crippen molar-refractivity contribution in [3.8, 4) is 0 Å².